The van der Waals surface area contributed by atoms with Crippen LogP contribution in [-0.4, -0.2) is 48.1 Å². The fraction of sp³-hybridized carbons (Fsp3) is 0.179. The third-order valence-electron chi connectivity index (χ3n) is 6.17. The van der Waals surface area contributed by atoms with Gasteiger partial charge in [-0.1, -0.05) is 30.3 Å². The minimum atomic E-state index is -0.312. The van der Waals surface area contributed by atoms with Crippen LogP contribution < -0.4 is 9.64 Å². The Morgan fingerprint density at radius 3 is 2.44 bits per heavy atom. The molecule has 0 aliphatic carbocycles. The molecule has 0 bridgehead atoms. The van der Waals surface area contributed by atoms with Crippen molar-refractivity contribution < 1.29 is 14.6 Å². The number of carbonyl (C=O) groups is 1. The van der Waals surface area contributed by atoms with Crippen LogP contribution in [0.2, 0.25) is 0 Å². The Balaban J connectivity index is 1.54. The van der Waals surface area contributed by atoms with E-state index in [0.717, 1.165) is 50.5 Å². The van der Waals surface area contributed by atoms with E-state index in [2.05, 4.69) is 4.99 Å². The van der Waals surface area contributed by atoms with Crippen molar-refractivity contribution in [2.75, 3.05) is 26.1 Å². The van der Waals surface area contributed by atoms with E-state index in [1.807, 2.05) is 85.7 Å². The number of ether oxygens (including phenoxy) is 1. The first kappa shape index (κ1) is 23.7. The van der Waals surface area contributed by atoms with Crippen molar-refractivity contribution in [3.05, 3.63) is 94.4 Å². The summed E-state index contributed by atoms with van der Waals surface area (Å²) in [7, 11) is 5.62. The van der Waals surface area contributed by atoms with Crippen molar-refractivity contribution in [1.29, 1.82) is 0 Å². The predicted octanol–water partition coefficient (Wildman–Crippen LogP) is 5.92. The summed E-state index contributed by atoms with van der Waals surface area (Å²) in [5, 5.41) is 17.1. The second-order valence-electron chi connectivity index (χ2n) is 8.70. The Hall–Kier alpha value is -4.04. The van der Waals surface area contributed by atoms with Gasteiger partial charge in [0.25, 0.3) is 0 Å². The Kier molecular flexibility index (Phi) is 6.52. The van der Waals surface area contributed by atoms with Gasteiger partial charge in [0, 0.05) is 31.8 Å². The van der Waals surface area contributed by atoms with Gasteiger partial charge in [-0.3, -0.25) is 4.79 Å². The van der Waals surface area contributed by atoms with Gasteiger partial charge < -0.3 is 14.7 Å². The van der Waals surface area contributed by atoms with Gasteiger partial charge in [-0.15, -0.1) is 0 Å². The third kappa shape index (κ3) is 4.72. The standard InChI is InChI=1S/C28H26N4O3S/c1-31(2)20-12-8-18(9-13-20)16-26-27(29-28(34)36-26)32-24(22-6-4-5-7-25(22)33)17-23(30-32)19-10-14-21(35-3)15-11-19/h4-16,24,33H,17H2,1-3H3/b26-16-. The van der Waals surface area contributed by atoms with Crippen molar-refractivity contribution >= 4 is 40.3 Å². The smallest absolute Gasteiger partial charge is 0.311 e. The Morgan fingerprint density at radius 2 is 1.78 bits per heavy atom. The molecule has 2 aliphatic heterocycles. The number of para-hydroxylation sites is 1. The van der Waals surface area contributed by atoms with Crippen LogP contribution in [0.25, 0.3) is 6.08 Å². The number of hydrazone groups is 1. The van der Waals surface area contributed by atoms with Crippen LogP contribution in [0.4, 0.5) is 10.5 Å². The lowest BCUT2D eigenvalue weighted by atomic mass is 9.97. The number of amidine groups is 1. The summed E-state index contributed by atoms with van der Waals surface area (Å²) in [5.41, 5.74) is 4.57. The molecule has 3 aromatic rings. The monoisotopic (exact) mass is 498 g/mol. The molecule has 0 fully saturated rings. The lowest BCUT2D eigenvalue weighted by Crippen LogP contribution is -2.26. The van der Waals surface area contributed by atoms with Crippen molar-refractivity contribution in [3.8, 4) is 11.5 Å². The molecule has 0 radical (unpaired) electrons. The number of anilines is 1. The van der Waals surface area contributed by atoms with Gasteiger partial charge in [-0.2, -0.15) is 10.1 Å². The highest BCUT2D eigenvalue weighted by Gasteiger charge is 2.37. The number of rotatable bonds is 5. The average Bonchev–Trinajstić information content (AvgIpc) is 3.48. The number of hydrogen-bond acceptors (Lipinski definition) is 7. The number of methoxy groups -OCH3 is 1. The molecule has 8 heteroatoms. The van der Waals surface area contributed by atoms with Crippen LogP contribution in [0.5, 0.6) is 11.5 Å². The Labute approximate surface area is 214 Å². The maximum atomic E-state index is 12.5. The lowest BCUT2D eigenvalue weighted by Gasteiger charge is -2.24. The topological polar surface area (TPSA) is 77.7 Å². The lowest BCUT2D eigenvalue weighted by molar-refractivity contribution is 0.267. The molecule has 1 N–H and O–H groups in total. The second kappa shape index (κ2) is 9.91. The van der Waals surface area contributed by atoms with E-state index in [-0.39, 0.29) is 17.0 Å². The van der Waals surface area contributed by atoms with Crippen molar-refractivity contribution in [3.63, 3.8) is 0 Å². The summed E-state index contributed by atoms with van der Waals surface area (Å²) in [4.78, 5) is 19.6. The SMILES string of the molecule is COc1ccc(C2=NN(C3=NC(=O)S/C3=C\c3ccc(N(C)C)cc3)C(c3ccccc3O)C2)cc1. The number of aromatic hydroxyl groups is 1. The summed E-state index contributed by atoms with van der Waals surface area (Å²) >= 11 is 1.09. The minimum Gasteiger partial charge on any atom is -0.508 e. The second-order valence-corrected chi connectivity index (χ2v) is 9.69. The molecular weight excluding hydrogens is 472 g/mol. The summed E-state index contributed by atoms with van der Waals surface area (Å²) < 4.78 is 5.29. The van der Waals surface area contributed by atoms with Crippen LogP contribution in [-0.2, 0) is 0 Å². The first-order valence-corrected chi connectivity index (χ1v) is 12.3. The van der Waals surface area contributed by atoms with E-state index in [1.54, 1.807) is 24.3 Å². The summed E-state index contributed by atoms with van der Waals surface area (Å²) in [6, 6.07) is 22.7. The van der Waals surface area contributed by atoms with Gasteiger partial charge in [-0.05, 0) is 71.4 Å². The first-order chi connectivity index (χ1) is 17.4. The molecule has 2 aliphatic rings. The van der Waals surface area contributed by atoms with Gasteiger partial charge in [-0.25, -0.2) is 5.01 Å². The van der Waals surface area contributed by atoms with Gasteiger partial charge in [0.15, 0.2) is 5.84 Å². The quantitative estimate of drug-likeness (QED) is 0.470. The van der Waals surface area contributed by atoms with Crippen molar-refractivity contribution in [2.45, 2.75) is 12.5 Å². The zero-order chi connectivity index (χ0) is 25.2. The fourth-order valence-corrected chi connectivity index (χ4v) is 5.00. The number of phenols is 1. The number of phenolic OH excluding ortho intramolecular Hbond substituents is 1. The number of amides is 1. The van der Waals surface area contributed by atoms with Crippen LogP contribution in [0, 0.1) is 0 Å². The molecule has 5 rings (SSSR count). The fourth-order valence-electron chi connectivity index (χ4n) is 4.26. The number of hydrogen-bond donors (Lipinski definition) is 1. The van der Waals surface area contributed by atoms with Gasteiger partial charge >= 0.3 is 5.24 Å². The van der Waals surface area contributed by atoms with Gasteiger partial charge in [0.05, 0.1) is 23.8 Å². The van der Waals surface area contributed by atoms with Crippen LogP contribution in [0.1, 0.15) is 29.2 Å². The molecule has 2 heterocycles. The van der Waals surface area contributed by atoms with E-state index in [1.165, 1.54) is 0 Å². The zero-order valence-electron chi connectivity index (χ0n) is 20.3. The molecule has 1 unspecified atom stereocenters. The van der Waals surface area contributed by atoms with Crippen LogP contribution >= 0.6 is 11.8 Å². The van der Waals surface area contributed by atoms with Crippen molar-refractivity contribution in [2.24, 2.45) is 10.1 Å². The Morgan fingerprint density at radius 1 is 1.06 bits per heavy atom. The molecule has 36 heavy (non-hydrogen) atoms. The number of nitrogens with zero attached hydrogens (tertiary/aromatic N) is 4. The predicted molar refractivity (Wildman–Crippen MR) is 146 cm³/mol. The van der Waals surface area contributed by atoms with E-state index in [4.69, 9.17) is 9.84 Å². The number of thioether (sulfide) groups is 1. The van der Waals surface area contributed by atoms with Crippen LogP contribution in [0.3, 0.4) is 0 Å². The largest absolute Gasteiger partial charge is 0.508 e. The third-order valence-corrected chi connectivity index (χ3v) is 6.95. The van der Waals surface area contributed by atoms with E-state index >= 15 is 0 Å². The summed E-state index contributed by atoms with van der Waals surface area (Å²) in [5.74, 6) is 1.43. The molecule has 3 aromatic carbocycles. The highest BCUT2D eigenvalue weighted by atomic mass is 32.2. The zero-order valence-corrected chi connectivity index (χ0v) is 21.1. The average molecular weight is 499 g/mol. The molecule has 1 amide bonds. The number of benzene rings is 3. The molecule has 7 nitrogen and oxygen atoms in total. The maximum Gasteiger partial charge on any atom is 0.311 e. The molecular formula is C28H26N4O3S. The molecule has 0 saturated heterocycles. The van der Waals surface area contributed by atoms with Crippen molar-refractivity contribution in [1.82, 2.24) is 5.01 Å². The maximum absolute atomic E-state index is 12.5. The summed E-state index contributed by atoms with van der Waals surface area (Å²) in [6.45, 7) is 0. The van der Waals surface area contributed by atoms with Gasteiger partial charge in [0.1, 0.15) is 11.5 Å². The molecule has 182 valence electrons. The Bertz CT molecular complexity index is 1380. The van der Waals surface area contributed by atoms with E-state index < -0.39 is 0 Å². The first-order valence-electron chi connectivity index (χ1n) is 11.5. The normalized spacial score (nSPS) is 18.4. The molecule has 0 saturated carbocycles. The number of aliphatic imine (C=N–C) groups is 1. The highest BCUT2D eigenvalue weighted by Crippen LogP contribution is 2.41. The van der Waals surface area contributed by atoms with Gasteiger partial charge in [0.2, 0.25) is 0 Å². The minimum absolute atomic E-state index is 0.182. The molecule has 1 atom stereocenters. The van der Waals surface area contributed by atoms with E-state index in [0.29, 0.717) is 12.3 Å². The summed E-state index contributed by atoms with van der Waals surface area (Å²) in [6.07, 6.45) is 2.50. The number of carbonyl (C=O) groups excluding carboxylic acids is 1. The van der Waals surface area contributed by atoms with Crippen LogP contribution in [0.15, 0.2) is 87.8 Å². The molecule has 0 aromatic heterocycles. The van der Waals surface area contributed by atoms with E-state index in [9.17, 15) is 9.90 Å². The highest BCUT2D eigenvalue weighted by molar-refractivity contribution is 8.18. The molecule has 0 spiro atoms.